The van der Waals surface area contributed by atoms with E-state index in [-0.39, 0.29) is 6.10 Å². The van der Waals surface area contributed by atoms with Crippen LogP contribution in [0.4, 0.5) is 0 Å². The van der Waals surface area contributed by atoms with Gasteiger partial charge in [0.05, 0.1) is 5.56 Å². The number of ether oxygens (including phenoxy) is 1. The van der Waals surface area contributed by atoms with Gasteiger partial charge in [-0.1, -0.05) is 26.1 Å². The third-order valence-electron chi connectivity index (χ3n) is 5.11. The van der Waals surface area contributed by atoms with Gasteiger partial charge in [0.15, 0.2) is 0 Å². The second-order valence-electron chi connectivity index (χ2n) is 6.67. The Kier molecular flexibility index (Phi) is 4.16. The van der Waals surface area contributed by atoms with Gasteiger partial charge in [0.25, 0.3) is 0 Å². The molecule has 114 valence electrons. The van der Waals surface area contributed by atoms with Gasteiger partial charge in [-0.15, -0.1) is 0 Å². The van der Waals surface area contributed by atoms with Gasteiger partial charge in [-0.25, -0.2) is 4.98 Å². The van der Waals surface area contributed by atoms with Crippen molar-refractivity contribution < 1.29 is 4.74 Å². The van der Waals surface area contributed by atoms with Gasteiger partial charge in [0.1, 0.15) is 11.1 Å². The van der Waals surface area contributed by atoms with Crippen molar-refractivity contribution in [2.24, 2.45) is 17.6 Å². The molecule has 0 spiro atoms. The smallest absolute Gasteiger partial charge is 0.224 e. The molecule has 3 nitrogen and oxygen atoms in total. The maximum Gasteiger partial charge on any atom is 0.224 e. The van der Waals surface area contributed by atoms with Crippen molar-refractivity contribution in [2.75, 3.05) is 0 Å². The van der Waals surface area contributed by atoms with Gasteiger partial charge in [0, 0.05) is 5.69 Å². The number of rotatable bonds is 3. The quantitative estimate of drug-likeness (QED) is 0.869. The van der Waals surface area contributed by atoms with Crippen LogP contribution in [-0.4, -0.2) is 16.1 Å². The van der Waals surface area contributed by atoms with Crippen LogP contribution < -0.4 is 10.5 Å². The Balaban J connectivity index is 1.83. The first kappa shape index (κ1) is 14.8. The van der Waals surface area contributed by atoms with Crippen LogP contribution in [0.1, 0.15) is 56.4 Å². The van der Waals surface area contributed by atoms with E-state index in [1.54, 1.807) is 0 Å². The first-order valence-corrected chi connectivity index (χ1v) is 8.44. The fourth-order valence-electron chi connectivity index (χ4n) is 3.48. The van der Waals surface area contributed by atoms with E-state index >= 15 is 0 Å². The maximum absolute atomic E-state index is 6.21. The van der Waals surface area contributed by atoms with Crippen LogP contribution in [0.3, 0.4) is 0 Å². The molecule has 21 heavy (non-hydrogen) atoms. The fourth-order valence-corrected chi connectivity index (χ4v) is 3.63. The number of hydrogen-bond acceptors (Lipinski definition) is 3. The lowest BCUT2D eigenvalue weighted by molar-refractivity contribution is 0.0961. The lowest BCUT2D eigenvalue weighted by atomic mass is 9.80. The molecule has 0 aliphatic heterocycles. The molecule has 1 aromatic rings. The third-order valence-corrected chi connectivity index (χ3v) is 5.33. The summed E-state index contributed by atoms with van der Waals surface area (Å²) in [7, 11) is 0. The first-order valence-electron chi connectivity index (χ1n) is 8.04. The van der Waals surface area contributed by atoms with Crippen molar-refractivity contribution in [1.29, 1.82) is 0 Å². The van der Waals surface area contributed by atoms with Crippen molar-refractivity contribution >= 4 is 17.2 Å². The van der Waals surface area contributed by atoms with Crippen LogP contribution in [0.15, 0.2) is 6.07 Å². The maximum atomic E-state index is 6.21. The number of hydrogen-bond donors (Lipinski definition) is 1. The molecule has 2 aliphatic carbocycles. The molecule has 3 rings (SSSR count). The van der Waals surface area contributed by atoms with Crippen molar-refractivity contribution in [3.05, 3.63) is 22.9 Å². The summed E-state index contributed by atoms with van der Waals surface area (Å²) in [5.74, 6) is 2.15. The summed E-state index contributed by atoms with van der Waals surface area (Å²) >= 11 is 5.19. The molecule has 1 saturated carbocycles. The second kappa shape index (κ2) is 5.91. The average molecular weight is 304 g/mol. The normalized spacial score (nSPS) is 28.2. The largest absolute Gasteiger partial charge is 0.474 e. The highest BCUT2D eigenvalue weighted by Crippen LogP contribution is 2.33. The Hall–Kier alpha value is -1.16. The van der Waals surface area contributed by atoms with Gasteiger partial charge in [-0.2, -0.15) is 0 Å². The van der Waals surface area contributed by atoms with Crippen LogP contribution >= 0.6 is 12.2 Å². The van der Waals surface area contributed by atoms with Gasteiger partial charge in [-0.3, -0.25) is 0 Å². The highest BCUT2D eigenvalue weighted by molar-refractivity contribution is 7.80. The molecule has 4 heteroatoms. The first-order chi connectivity index (χ1) is 10.0. The number of nitrogens with two attached hydrogens (primary N) is 1. The predicted octanol–water partition coefficient (Wildman–Crippen LogP) is 3.41. The second-order valence-corrected chi connectivity index (χ2v) is 7.11. The van der Waals surface area contributed by atoms with E-state index in [9.17, 15) is 0 Å². The highest BCUT2D eigenvalue weighted by Gasteiger charge is 2.27. The Bertz CT molecular complexity index is 558. The van der Waals surface area contributed by atoms with Gasteiger partial charge >= 0.3 is 0 Å². The zero-order valence-corrected chi connectivity index (χ0v) is 13.7. The van der Waals surface area contributed by atoms with E-state index in [1.807, 2.05) is 0 Å². The Morgan fingerprint density at radius 1 is 1.29 bits per heavy atom. The number of aryl methyl sites for hydroxylation is 2. The van der Waals surface area contributed by atoms with E-state index in [2.05, 4.69) is 19.9 Å². The van der Waals surface area contributed by atoms with Crippen molar-refractivity contribution in [3.8, 4) is 5.88 Å². The Labute approximate surface area is 132 Å². The molecule has 3 atom stereocenters. The molecule has 0 saturated heterocycles. The molecule has 2 N–H and O–H groups in total. The number of aromatic nitrogens is 1. The SMILES string of the molecule is CC1CCC(Oc2nc3c(cc2C(N)=S)CCC3)CC1C. The standard InChI is InChI=1S/C17H24N2OS/c1-10-6-7-13(8-11(10)2)20-17-14(16(18)21)9-12-4-3-5-15(12)19-17/h9-11,13H,3-8H2,1-2H3,(H2,18,21). The van der Waals surface area contributed by atoms with E-state index in [1.165, 1.54) is 24.1 Å². The Morgan fingerprint density at radius 2 is 2.10 bits per heavy atom. The van der Waals surface area contributed by atoms with Crippen molar-refractivity contribution in [1.82, 2.24) is 4.98 Å². The molecular formula is C17H24N2OS. The summed E-state index contributed by atoms with van der Waals surface area (Å²) in [5.41, 5.74) is 9.15. The number of thiocarbonyl (C=S) groups is 1. The minimum Gasteiger partial charge on any atom is -0.474 e. The fraction of sp³-hybridized carbons (Fsp3) is 0.647. The topological polar surface area (TPSA) is 48.1 Å². The monoisotopic (exact) mass is 304 g/mol. The lowest BCUT2D eigenvalue weighted by Gasteiger charge is -2.32. The number of fused-ring (bicyclic) bond motifs is 1. The molecule has 0 amide bonds. The zero-order chi connectivity index (χ0) is 15.0. The summed E-state index contributed by atoms with van der Waals surface area (Å²) in [6.07, 6.45) is 6.95. The minimum absolute atomic E-state index is 0.247. The molecule has 0 radical (unpaired) electrons. The van der Waals surface area contributed by atoms with Gasteiger partial charge in [-0.05, 0) is 62.0 Å². The van der Waals surface area contributed by atoms with Crippen molar-refractivity contribution in [2.45, 2.75) is 58.5 Å². The van der Waals surface area contributed by atoms with Crippen LogP contribution in [0.5, 0.6) is 5.88 Å². The Morgan fingerprint density at radius 3 is 2.81 bits per heavy atom. The molecular weight excluding hydrogens is 280 g/mol. The molecule has 2 aliphatic rings. The zero-order valence-electron chi connectivity index (χ0n) is 12.9. The summed E-state index contributed by atoms with van der Waals surface area (Å²) in [6.45, 7) is 4.64. The molecule has 1 heterocycles. The third kappa shape index (κ3) is 3.05. The highest BCUT2D eigenvalue weighted by atomic mass is 32.1. The predicted molar refractivity (Wildman–Crippen MR) is 88.7 cm³/mol. The average Bonchev–Trinajstić information content (AvgIpc) is 2.89. The summed E-state index contributed by atoms with van der Waals surface area (Å²) in [6, 6.07) is 2.10. The van der Waals surface area contributed by atoms with Crippen LogP contribution in [0.2, 0.25) is 0 Å². The summed E-state index contributed by atoms with van der Waals surface area (Å²) < 4.78 is 6.21. The molecule has 0 aromatic carbocycles. The van der Waals surface area contributed by atoms with Gasteiger partial charge in [0.2, 0.25) is 5.88 Å². The van der Waals surface area contributed by atoms with Crippen LogP contribution in [0, 0.1) is 11.8 Å². The van der Waals surface area contributed by atoms with Gasteiger partial charge < -0.3 is 10.5 Å². The van der Waals surface area contributed by atoms with Crippen molar-refractivity contribution in [3.63, 3.8) is 0 Å². The number of nitrogens with zero attached hydrogens (tertiary/aromatic N) is 1. The molecule has 1 fully saturated rings. The molecule has 1 aromatic heterocycles. The van der Waals surface area contributed by atoms with Crippen LogP contribution in [-0.2, 0) is 12.8 Å². The number of pyridine rings is 1. The lowest BCUT2D eigenvalue weighted by Crippen LogP contribution is -2.30. The van der Waals surface area contributed by atoms with E-state index in [0.29, 0.717) is 16.8 Å². The summed E-state index contributed by atoms with van der Waals surface area (Å²) in [4.78, 5) is 5.12. The molecule has 0 bridgehead atoms. The summed E-state index contributed by atoms with van der Waals surface area (Å²) in [5, 5.41) is 0. The van der Waals surface area contributed by atoms with E-state index in [4.69, 9.17) is 27.7 Å². The minimum atomic E-state index is 0.247. The molecule has 3 unspecified atom stereocenters. The van der Waals surface area contributed by atoms with E-state index < -0.39 is 0 Å². The van der Waals surface area contributed by atoms with Crippen LogP contribution in [0.25, 0.3) is 0 Å². The van der Waals surface area contributed by atoms with E-state index in [0.717, 1.165) is 37.2 Å².